The summed E-state index contributed by atoms with van der Waals surface area (Å²) in [4.78, 5) is 27.4. The van der Waals surface area contributed by atoms with Crippen molar-refractivity contribution < 1.29 is 14.7 Å². The zero-order valence-electron chi connectivity index (χ0n) is 11.5. The summed E-state index contributed by atoms with van der Waals surface area (Å²) in [5.41, 5.74) is 6.02. The van der Waals surface area contributed by atoms with Crippen molar-refractivity contribution in [1.29, 1.82) is 0 Å². The molecule has 1 atom stereocenters. The van der Waals surface area contributed by atoms with Crippen molar-refractivity contribution >= 4 is 11.8 Å². The molecule has 1 aromatic carbocycles. The summed E-state index contributed by atoms with van der Waals surface area (Å²) in [6, 6.07) is 5.76. The SMILES string of the molecule is C[C@H](N)C(=O)N1CCN(C(=O)c2cccc(O)c2)CC1. The van der Waals surface area contributed by atoms with E-state index in [2.05, 4.69) is 0 Å². The predicted octanol–water partition coefficient (Wildman–Crippen LogP) is 0.0238. The number of hydrogen-bond acceptors (Lipinski definition) is 4. The van der Waals surface area contributed by atoms with Gasteiger partial charge in [-0.15, -0.1) is 0 Å². The number of phenolic OH excluding ortho intramolecular Hbond substituents is 1. The second kappa shape index (κ2) is 5.92. The Kier molecular flexibility index (Phi) is 4.24. The van der Waals surface area contributed by atoms with Gasteiger partial charge in [-0.1, -0.05) is 6.07 Å². The van der Waals surface area contributed by atoms with Crippen molar-refractivity contribution in [1.82, 2.24) is 9.80 Å². The van der Waals surface area contributed by atoms with Gasteiger partial charge in [0.2, 0.25) is 5.91 Å². The van der Waals surface area contributed by atoms with Crippen molar-refractivity contribution in [3.05, 3.63) is 29.8 Å². The predicted molar refractivity (Wildman–Crippen MR) is 74.2 cm³/mol. The molecule has 3 N–H and O–H groups in total. The second-order valence-corrected chi connectivity index (χ2v) is 4.96. The first kappa shape index (κ1) is 14.3. The average Bonchev–Trinajstić information content (AvgIpc) is 2.46. The van der Waals surface area contributed by atoms with E-state index in [1.54, 1.807) is 28.9 Å². The van der Waals surface area contributed by atoms with Crippen LogP contribution in [-0.2, 0) is 4.79 Å². The molecule has 0 radical (unpaired) electrons. The second-order valence-electron chi connectivity index (χ2n) is 4.96. The Morgan fingerprint density at radius 3 is 2.35 bits per heavy atom. The quantitative estimate of drug-likeness (QED) is 0.798. The summed E-state index contributed by atoms with van der Waals surface area (Å²) in [5.74, 6) is -0.148. The monoisotopic (exact) mass is 277 g/mol. The van der Waals surface area contributed by atoms with Gasteiger partial charge in [0, 0.05) is 31.7 Å². The lowest BCUT2D eigenvalue weighted by Gasteiger charge is -2.35. The molecular weight excluding hydrogens is 258 g/mol. The van der Waals surface area contributed by atoms with E-state index < -0.39 is 6.04 Å². The average molecular weight is 277 g/mol. The van der Waals surface area contributed by atoms with Crippen molar-refractivity contribution in [2.24, 2.45) is 5.73 Å². The zero-order chi connectivity index (χ0) is 14.7. The Bertz CT molecular complexity index is 508. The number of amides is 2. The van der Waals surface area contributed by atoms with Crippen molar-refractivity contribution in [3.8, 4) is 5.75 Å². The van der Waals surface area contributed by atoms with E-state index >= 15 is 0 Å². The number of rotatable bonds is 2. The summed E-state index contributed by atoms with van der Waals surface area (Å²) in [5, 5.41) is 9.40. The normalized spacial score (nSPS) is 16.9. The topological polar surface area (TPSA) is 86.9 Å². The first-order chi connectivity index (χ1) is 9.49. The molecule has 0 aromatic heterocycles. The van der Waals surface area contributed by atoms with Gasteiger partial charge in [-0.25, -0.2) is 0 Å². The van der Waals surface area contributed by atoms with Gasteiger partial charge in [0.05, 0.1) is 6.04 Å². The molecule has 2 amide bonds. The summed E-state index contributed by atoms with van der Waals surface area (Å²) in [6.07, 6.45) is 0. The lowest BCUT2D eigenvalue weighted by Crippen LogP contribution is -2.53. The highest BCUT2D eigenvalue weighted by atomic mass is 16.3. The molecule has 0 bridgehead atoms. The summed E-state index contributed by atoms with van der Waals surface area (Å²) in [7, 11) is 0. The molecule has 1 saturated heterocycles. The van der Waals surface area contributed by atoms with Gasteiger partial charge in [0.15, 0.2) is 0 Å². The highest BCUT2D eigenvalue weighted by molar-refractivity contribution is 5.94. The largest absolute Gasteiger partial charge is 0.508 e. The fraction of sp³-hybridized carbons (Fsp3) is 0.429. The van der Waals surface area contributed by atoms with Crippen LogP contribution in [-0.4, -0.2) is 58.9 Å². The van der Waals surface area contributed by atoms with E-state index in [0.29, 0.717) is 31.7 Å². The molecule has 1 aliphatic heterocycles. The van der Waals surface area contributed by atoms with E-state index in [4.69, 9.17) is 5.73 Å². The van der Waals surface area contributed by atoms with Gasteiger partial charge in [0.25, 0.3) is 5.91 Å². The van der Waals surface area contributed by atoms with Gasteiger partial charge < -0.3 is 20.6 Å². The lowest BCUT2D eigenvalue weighted by atomic mass is 10.1. The molecule has 6 heteroatoms. The molecular formula is C14H19N3O3. The Balaban J connectivity index is 1.97. The van der Waals surface area contributed by atoms with Gasteiger partial charge in [-0.2, -0.15) is 0 Å². The van der Waals surface area contributed by atoms with E-state index in [0.717, 1.165) is 0 Å². The zero-order valence-corrected chi connectivity index (χ0v) is 11.5. The van der Waals surface area contributed by atoms with Crippen LogP contribution >= 0.6 is 0 Å². The van der Waals surface area contributed by atoms with Crippen LogP contribution in [0.25, 0.3) is 0 Å². The molecule has 1 aliphatic rings. The summed E-state index contributed by atoms with van der Waals surface area (Å²) in [6.45, 7) is 3.60. The molecule has 1 fully saturated rings. The first-order valence-corrected chi connectivity index (χ1v) is 6.61. The smallest absolute Gasteiger partial charge is 0.254 e. The minimum Gasteiger partial charge on any atom is -0.508 e. The number of carbonyl (C=O) groups excluding carboxylic acids is 2. The van der Waals surface area contributed by atoms with Crippen LogP contribution in [0, 0.1) is 0 Å². The number of carbonyl (C=O) groups is 2. The fourth-order valence-electron chi connectivity index (χ4n) is 2.24. The molecule has 0 saturated carbocycles. The fourth-order valence-corrected chi connectivity index (χ4v) is 2.24. The van der Waals surface area contributed by atoms with Crippen LogP contribution in [0.5, 0.6) is 5.75 Å². The highest BCUT2D eigenvalue weighted by Gasteiger charge is 2.26. The summed E-state index contributed by atoms with van der Waals surface area (Å²) < 4.78 is 0. The molecule has 0 aliphatic carbocycles. The van der Waals surface area contributed by atoms with Gasteiger partial charge >= 0.3 is 0 Å². The van der Waals surface area contributed by atoms with Crippen LogP contribution in [0.2, 0.25) is 0 Å². The number of nitrogens with zero attached hydrogens (tertiary/aromatic N) is 2. The Morgan fingerprint density at radius 2 is 1.80 bits per heavy atom. The maximum atomic E-state index is 12.2. The van der Waals surface area contributed by atoms with Crippen molar-refractivity contribution in [3.63, 3.8) is 0 Å². The third-order valence-electron chi connectivity index (χ3n) is 3.36. The van der Waals surface area contributed by atoms with Crippen molar-refractivity contribution in [2.45, 2.75) is 13.0 Å². The third-order valence-corrected chi connectivity index (χ3v) is 3.36. The van der Waals surface area contributed by atoms with Crippen LogP contribution in [0.1, 0.15) is 17.3 Å². The summed E-state index contributed by atoms with van der Waals surface area (Å²) >= 11 is 0. The van der Waals surface area contributed by atoms with E-state index in [1.807, 2.05) is 0 Å². The highest BCUT2D eigenvalue weighted by Crippen LogP contribution is 2.14. The molecule has 1 aromatic rings. The number of aromatic hydroxyl groups is 1. The minimum absolute atomic E-state index is 0.0709. The Morgan fingerprint density at radius 1 is 1.20 bits per heavy atom. The van der Waals surface area contributed by atoms with E-state index in [-0.39, 0.29) is 17.6 Å². The molecule has 1 heterocycles. The minimum atomic E-state index is -0.511. The Hall–Kier alpha value is -2.08. The number of nitrogens with two attached hydrogens (primary N) is 1. The molecule has 0 spiro atoms. The number of piperazine rings is 1. The van der Waals surface area contributed by atoms with Crippen LogP contribution in [0.15, 0.2) is 24.3 Å². The number of benzene rings is 1. The first-order valence-electron chi connectivity index (χ1n) is 6.61. The molecule has 0 unspecified atom stereocenters. The van der Waals surface area contributed by atoms with E-state index in [9.17, 15) is 14.7 Å². The van der Waals surface area contributed by atoms with Crippen LogP contribution in [0.4, 0.5) is 0 Å². The lowest BCUT2D eigenvalue weighted by molar-refractivity contribution is -0.133. The maximum Gasteiger partial charge on any atom is 0.254 e. The molecule has 6 nitrogen and oxygen atoms in total. The number of hydrogen-bond donors (Lipinski definition) is 2. The van der Waals surface area contributed by atoms with Gasteiger partial charge in [-0.3, -0.25) is 9.59 Å². The number of phenols is 1. The van der Waals surface area contributed by atoms with E-state index in [1.165, 1.54) is 12.1 Å². The Labute approximate surface area is 117 Å². The van der Waals surface area contributed by atoms with Crippen LogP contribution in [0.3, 0.4) is 0 Å². The third kappa shape index (κ3) is 3.08. The molecule has 108 valence electrons. The van der Waals surface area contributed by atoms with Gasteiger partial charge in [0.1, 0.15) is 5.75 Å². The standard InChI is InChI=1S/C14H19N3O3/c1-10(15)13(19)16-5-7-17(8-6-16)14(20)11-3-2-4-12(18)9-11/h2-4,9-10,18H,5-8,15H2,1H3/t10-/m0/s1. The van der Waals surface area contributed by atoms with Gasteiger partial charge in [-0.05, 0) is 25.1 Å². The molecule has 20 heavy (non-hydrogen) atoms. The molecule has 2 rings (SSSR count). The maximum absolute atomic E-state index is 12.2. The van der Waals surface area contributed by atoms with Crippen LogP contribution < -0.4 is 5.73 Å². The van der Waals surface area contributed by atoms with Crippen molar-refractivity contribution in [2.75, 3.05) is 26.2 Å².